The molecular formula is C18H13ClF3NO5. The van der Waals surface area contributed by atoms with Gasteiger partial charge in [0, 0.05) is 0 Å². The van der Waals surface area contributed by atoms with Crippen molar-refractivity contribution in [2.75, 3.05) is 12.1 Å². The molecule has 2 aromatic carbocycles. The lowest BCUT2D eigenvalue weighted by Gasteiger charge is -2.15. The van der Waals surface area contributed by atoms with Gasteiger partial charge in [0.05, 0.1) is 21.8 Å². The summed E-state index contributed by atoms with van der Waals surface area (Å²) < 4.78 is 53.8. The number of rotatable bonds is 4. The molecule has 0 aliphatic carbocycles. The lowest BCUT2D eigenvalue weighted by molar-refractivity contribution is -0.137. The highest BCUT2D eigenvalue weighted by Crippen LogP contribution is 2.34. The van der Waals surface area contributed by atoms with E-state index in [0.717, 1.165) is 12.1 Å². The van der Waals surface area contributed by atoms with Gasteiger partial charge < -0.3 is 19.5 Å². The summed E-state index contributed by atoms with van der Waals surface area (Å²) in [4.78, 5) is 24.4. The van der Waals surface area contributed by atoms with Gasteiger partial charge in [-0.3, -0.25) is 4.79 Å². The summed E-state index contributed by atoms with van der Waals surface area (Å²) in [6, 6.07) is 6.87. The van der Waals surface area contributed by atoms with E-state index in [1.165, 1.54) is 25.1 Å². The van der Waals surface area contributed by atoms with E-state index in [2.05, 4.69) is 5.32 Å². The number of esters is 1. The summed E-state index contributed by atoms with van der Waals surface area (Å²) in [5.41, 5.74) is -1.09. The molecule has 1 atom stereocenters. The van der Waals surface area contributed by atoms with E-state index in [1.54, 1.807) is 0 Å². The molecule has 0 bridgehead atoms. The first kappa shape index (κ1) is 19.8. The van der Waals surface area contributed by atoms with Crippen LogP contribution in [-0.4, -0.2) is 24.8 Å². The van der Waals surface area contributed by atoms with Crippen LogP contribution in [0.5, 0.6) is 11.5 Å². The maximum Gasteiger partial charge on any atom is 0.416 e. The molecule has 148 valence electrons. The van der Waals surface area contributed by atoms with Gasteiger partial charge in [-0.25, -0.2) is 4.79 Å². The Hall–Kier alpha value is -2.94. The van der Waals surface area contributed by atoms with Gasteiger partial charge in [0.2, 0.25) is 6.79 Å². The van der Waals surface area contributed by atoms with Crippen LogP contribution in [0.15, 0.2) is 36.4 Å². The van der Waals surface area contributed by atoms with E-state index in [4.69, 9.17) is 25.8 Å². The summed E-state index contributed by atoms with van der Waals surface area (Å²) in [5.74, 6) is -0.810. The average Bonchev–Trinajstić information content (AvgIpc) is 3.10. The van der Waals surface area contributed by atoms with E-state index in [-0.39, 0.29) is 23.1 Å². The van der Waals surface area contributed by atoms with Crippen molar-refractivity contribution in [2.45, 2.75) is 19.2 Å². The molecule has 1 aliphatic heterocycles. The SMILES string of the molecule is C[C@@H](OC(=O)c1ccc2c(c1)OCO2)C(=O)Nc1cc(C(F)(F)F)ccc1Cl. The van der Waals surface area contributed by atoms with Gasteiger partial charge in [-0.1, -0.05) is 11.6 Å². The molecule has 0 radical (unpaired) electrons. The van der Waals surface area contributed by atoms with Crippen LogP contribution in [0.1, 0.15) is 22.8 Å². The molecule has 0 saturated carbocycles. The highest BCUT2D eigenvalue weighted by Gasteiger charge is 2.31. The van der Waals surface area contributed by atoms with Crippen molar-refractivity contribution in [3.05, 3.63) is 52.5 Å². The monoisotopic (exact) mass is 415 g/mol. The average molecular weight is 416 g/mol. The fourth-order valence-electron chi connectivity index (χ4n) is 2.34. The molecule has 0 fully saturated rings. The molecule has 28 heavy (non-hydrogen) atoms. The summed E-state index contributed by atoms with van der Waals surface area (Å²) in [6.07, 6.45) is -5.88. The zero-order chi connectivity index (χ0) is 20.5. The van der Waals surface area contributed by atoms with Crippen LogP contribution in [0.2, 0.25) is 5.02 Å². The lowest BCUT2D eigenvalue weighted by Crippen LogP contribution is -2.30. The Morgan fingerprint density at radius 2 is 1.86 bits per heavy atom. The van der Waals surface area contributed by atoms with Crippen LogP contribution in [0.25, 0.3) is 0 Å². The van der Waals surface area contributed by atoms with E-state index in [9.17, 15) is 22.8 Å². The van der Waals surface area contributed by atoms with Gasteiger partial charge in [0.1, 0.15) is 0 Å². The third-order valence-electron chi connectivity index (χ3n) is 3.81. The first-order chi connectivity index (χ1) is 13.1. The highest BCUT2D eigenvalue weighted by atomic mass is 35.5. The number of carbonyl (C=O) groups is 2. The van der Waals surface area contributed by atoms with Crippen LogP contribution in [-0.2, 0) is 15.7 Å². The normalized spacial score (nSPS) is 13.8. The Labute approximate surface area is 162 Å². The van der Waals surface area contributed by atoms with Crippen molar-refractivity contribution >= 4 is 29.2 Å². The number of fused-ring (bicyclic) bond motifs is 1. The van der Waals surface area contributed by atoms with Crippen molar-refractivity contribution in [3.63, 3.8) is 0 Å². The Morgan fingerprint density at radius 3 is 2.57 bits per heavy atom. The highest BCUT2D eigenvalue weighted by molar-refractivity contribution is 6.33. The van der Waals surface area contributed by atoms with Crippen molar-refractivity contribution in [1.82, 2.24) is 0 Å². The molecule has 1 amide bonds. The predicted molar refractivity (Wildman–Crippen MR) is 92.5 cm³/mol. The molecule has 0 unspecified atom stereocenters. The van der Waals surface area contributed by atoms with Crippen molar-refractivity contribution in [1.29, 1.82) is 0 Å². The maximum atomic E-state index is 12.8. The quantitative estimate of drug-likeness (QED) is 0.755. The maximum absolute atomic E-state index is 12.8. The fraction of sp³-hybridized carbons (Fsp3) is 0.222. The third kappa shape index (κ3) is 4.30. The summed E-state index contributed by atoms with van der Waals surface area (Å²) in [6.45, 7) is 1.31. The molecule has 10 heteroatoms. The number of amides is 1. The predicted octanol–water partition coefficient (Wildman–Crippen LogP) is 4.27. The van der Waals surface area contributed by atoms with Crippen LogP contribution in [0.4, 0.5) is 18.9 Å². The van der Waals surface area contributed by atoms with E-state index in [1.807, 2.05) is 0 Å². The Balaban J connectivity index is 1.67. The van der Waals surface area contributed by atoms with Gasteiger partial charge in [0.25, 0.3) is 5.91 Å². The van der Waals surface area contributed by atoms with Crippen molar-refractivity contribution in [2.24, 2.45) is 0 Å². The number of hydrogen-bond acceptors (Lipinski definition) is 5. The first-order valence-electron chi connectivity index (χ1n) is 7.93. The molecule has 1 aliphatic rings. The largest absolute Gasteiger partial charge is 0.454 e. The number of anilines is 1. The van der Waals surface area contributed by atoms with Gasteiger partial charge in [0.15, 0.2) is 17.6 Å². The van der Waals surface area contributed by atoms with Gasteiger partial charge >= 0.3 is 12.1 Å². The zero-order valence-corrected chi connectivity index (χ0v) is 15.1. The Morgan fingerprint density at radius 1 is 1.14 bits per heavy atom. The number of carbonyl (C=O) groups excluding carboxylic acids is 2. The van der Waals surface area contributed by atoms with E-state index >= 15 is 0 Å². The zero-order valence-electron chi connectivity index (χ0n) is 14.3. The minimum absolute atomic E-state index is 0.0321. The summed E-state index contributed by atoms with van der Waals surface area (Å²) in [5, 5.41) is 2.14. The summed E-state index contributed by atoms with van der Waals surface area (Å²) >= 11 is 5.84. The molecule has 6 nitrogen and oxygen atoms in total. The number of benzene rings is 2. The number of hydrogen-bond donors (Lipinski definition) is 1. The molecule has 1 heterocycles. The fourth-order valence-corrected chi connectivity index (χ4v) is 2.50. The number of nitrogens with one attached hydrogen (secondary N) is 1. The van der Waals surface area contributed by atoms with Gasteiger partial charge in [-0.15, -0.1) is 0 Å². The van der Waals surface area contributed by atoms with Crippen molar-refractivity contribution < 1.29 is 37.0 Å². The van der Waals surface area contributed by atoms with Crippen molar-refractivity contribution in [3.8, 4) is 11.5 Å². The molecule has 1 N–H and O–H groups in total. The Kier molecular flexibility index (Phi) is 5.37. The second kappa shape index (κ2) is 7.59. The van der Waals surface area contributed by atoms with Gasteiger partial charge in [-0.2, -0.15) is 13.2 Å². The second-order valence-electron chi connectivity index (χ2n) is 5.80. The van der Waals surface area contributed by atoms with Crippen LogP contribution < -0.4 is 14.8 Å². The number of halogens is 4. The van der Waals surface area contributed by atoms with Crippen LogP contribution in [0.3, 0.4) is 0 Å². The Bertz CT molecular complexity index is 932. The molecule has 2 aromatic rings. The van der Waals surface area contributed by atoms with Crippen LogP contribution >= 0.6 is 11.6 Å². The smallest absolute Gasteiger partial charge is 0.416 e. The molecule has 3 rings (SSSR count). The van der Waals surface area contributed by atoms with Gasteiger partial charge in [-0.05, 0) is 43.3 Å². The van der Waals surface area contributed by atoms with E-state index < -0.39 is 29.7 Å². The first-order valence-corrected chi connectivity index (χ1v) is 8.31. The number of alkyl halides is 3. The minimum Gasteiger partial charge on any atom is -0.454 e. The second-order valence-corrected chi connectivity index (χ2v) is 6.20. The minimum atomic E-state index is -4.60. The standard InChI is InChI=1S/C18H13ClF3NO5/c1-9(28-17(25)10-2-5-14-15(6-10)27-8-26-14)16(24)23-13-7-11(18(20,21)22)3-4-12(13)19/h2-7,9H,8H2,1H3,(H,23,24)/t9-/m1/s1. The molecule has 0 saturated heterocycles. The molecular weight excluding hydrogens is 403 g/mol. The summed E-state index contributed by atoms with van der Waals surface area (Å²) in [7, 11) is 0. The number of ether oxygens (including phenoxy) is 3. The molecule has 0 spiro atoms. The third-order valence-corrected chi connectivity index (χ3v) is 4.14. The van der Waals surface area contributed by atoms with E-state index in [0.29, 0.717) is 17.6 Å². The van der Waals surface area contributed by atoms with Crippen LogP contribution in [0, 0.1) is 0 Å². The molecule has 0 aromatic heterocycles. The lowest BCUT2D eigenvalue weighted by atomic mass is 10.2. The topological polar surface area (TPSA) is 73.9 Å².